The molecule has 1 aromatic heterocycles. The number of anilines is 2. The summed E-state index contributed by atoms with van der Waals surface area (Å²) < 4.78 is 49.7. The topological polar surface area (TPSA) is 154 Å². The highest BCUT2D eigenvalue weighted by molar-refractivity contribution is 5.92. The molecule has 36 heavy (non-hydrogen) atoms. The Morgan fingerprint density at radius 1 is 1.08 bits per heavy atom. The molecule has 4 N–H and O–H groups in total. The molecular formula is C24H18F3N5O4. The molecule has 2 aromatic carbocycles. The number of aromatic amines is 1. The number of hydrogen-bond acceptors (Lipinski definition) is 7. The number of nitrogen functional groups attached to an aromatic ring is 1. The molecule has 1 amide bonds. The van der Waals surface area contributed by atoms with Crippen molar-refractivity contribution in [2.75, 3.05) is 24.3 Å². The van der Waals surface area contributed by atoms with Gasteiger partial charge in [0.05, 0.1) is 12.2 Å². The van der Waals surface area contributed by atoms with E-state index in [-0.39, 0.29) is 51.9 Å². The highest BCUT2D eigenvalue weighted by Crippen LogP contribution is 2.36. The fraction of sp³-hybridized carbons (Fsp3) is 0.167. The van der Waals surface area contributed by atoms with Crippen molar-refractivity contribution in [2.24, 2.45) is 0 Å². The Morgan fingerprint density at radius 3 is 2.44 bits per heavy atom. The summed E-state index contributed by atoms with van der Waals surface area (Å²) in [6.45, 7) is 1.31. The summed E-state index contributed by atoms with van der Waals surface area (Å²) in [6, 6.07) is 12.0. The first-order chi connectivity index (χ1) is 17.1. The average Bonchev–Trinajstić information content (AvgIpc) is 2.82. The summed E-state index contributed by atoms with van der Waals surface area (Å²) in [7, 11) is 0. The number of aromatic nitrogens is 1. The number of hydrogen-bond donors (Lipinski definition) is 3. The average molecular weight is 497 g/mol. The van der Waals surface area contributed by atoms with Crippen LogP contribution in [0.2, 0.25) is 0 Å². The number of carbonyl (C=O) groups is 1. The molecule has 3 aromatic rings. The minimum atomic E-state index is -4.56. The molecule has 0 spiro atoms. The molecule has 0 bridgehead atoms. The summed E-state index contributed by atoms with van der Waals surface area (Å²) in [5.74, 6) is -0.689. The molecule has 0 aliphatic heterocycles. The maximum absolute atomic E-state index is 12.9. The predicted molar refractivity (Wildman–Crippen MR) is 123 cm³/mol. The van der Waals surface area contributed by atoms with Crippen molar-refractivity contribution in [1.29, 1.82) is 10.5 Å². The highest BCUT2D eigenvalue weighted by atomic mass is 19.4. The Balaban J connectivity index is 1.87. The third-order valence-corrected chi connectivity index (χ3v) is 4.83. The third kappa shape index (κ3) is 5.56. The van der Waals surface area contributed by atoms with E-state index >= 15 is 0 Å². The number of alkyl halides is 3. The maximum atomic E-state index is 12.9. The normalized spacial score (nSPS) is 10.7. The van der Waals surface area contributed by atoms with Crippen LogP contribution in [0.15, 0.2) is 47.3 Å². The zero-order valence-electron chi connectivity index (χ0n) is 18.7. The summed E-state index contributed by atoms with van der Waals surface area (Å²) in [5, 5.41) is 21.3. The minimum Gasteiger partial charge on any atom is -0.490 e. The Kier molecular flexibility index (Phi) is 7.50. The molecule has 1 heterocycles. The van der Waals surface area contributed by atoms with Crippen molar-refractivity contribution in [1.82, 2.24) is 4.98 Å². The zero-order chi connectivity index (χ0) is 26.5. The van der Waals surface area contributed by atoms with Gasteiger partial charge < -0.3 is 25.5 Å². The van der Waals surface area contributed by atoms with Gasteiger partial charge >= 0.3 is 6.18 Å². The van der Waals surface area contributed by atoms with Crippen LogP contribution in [0, 0.1) is 22.7 Å². The summed E-state index contributed by atoms with van der Waals surface area (Å²) >= 11 is 0. The maximum Gasteiger partial charge on any atom is 0.416 e. The number of ether oxygens (including phenoxy) is 2. The summed E-state index contributed by atoms with van der Waals surface area (Å²) in [6.07, 6.45) is -4.56. The molecule has 9 nitrogen and oxygen atoms in total. The molecule has 3 rings (SSSR count). The third-order valence-electron chi connectivity index (χ3n) is 4.83. The van der Waals surface area contributed by atoms with Crippen molar-refractivity contribution in [3.8, 4) is 34.8 Å². The van der Waals surface area contributed by atoms with Crippen LogP contribution in [-0.2, 0) is 11.0 Å². The second-order valence-electron chi connectivity index (χ2n) is 7.23. The van der Waals surface area contributed by atoms with E-state index < -0.39 is 29.8 Å². The smallest absolute Gasteiger partial charge is 0.416 e. The lowest BCUT2D eigenvalue weighted by Gasteiger charge is -2.15. The molecular weight excluding hydrogens is 479 g/mol. The van der Waals surface area contributed by atoms with Crippen molar-refractivity contribution < 1.29 is 27.4 Å². The SMILES string of the molecule is CCOc1cc(-c2c(C#N)c(N)[nH]c(=O)c2C#N)ccc1OCC(=O)Nc1cccc(C(F)(F)F)c1. The largest absolute Gasteiger partial charge is 0.490 e. The number of nitrogens with one attached hydrogen (secondary N) is 2. The molecule has 0 fully saturated rings. The van der Waals surface area contributed by atoms with E-state index in [1.165, 1.54) is 24.3 Å². The van der Waals surface area contributed by atoms with Gasteiger partial charge in [0.1, 0.15) is 29.1 Å². The molecule has 184 valence electrons. The second-order valence-corrected chi connectivity index (χ2v) is 7.23. The van der Waals surface area contributed by atoms with Crippen molar-refractivity contribution >= 4 is 17.4 Å². The van der Waals surface area contributed by atoms with Crippen molar-refractivity contribution in [2.45, 2.75) is 13.1 Å². The number of amides is 1. The van der Waals surface area contributed by atoms with Crippen LogP contribution in [0.4, 0.5) is 24.7 Å². The highest BCUT2D eigenvalue weighted by Gasteiger charge is 2.30. The monoisotopic (exact) mass is 497 g/mol. The number of rotatable bonds is 7. The van der Waals surface area contributed by atoms with Crippen LogP contribution in [0.25, 0.3) is 11.1 Å². The number of nitriles is 2. The summed E-state index contributed by atoms with van der Waals surface area (Å²) in [4.78, 5) is 26.7. The first-order valence-electron chi connectivity index (χ1n) is 10.3. The Labute approximate surface area is 202 Å². The molecule has 0 saturated carbocycles. The summed E-state index contributed by atoms with van der Waals surface area (Å²) in [5.41, 5.74) is 3.86. The van der Waals surface area contributed by atoms with Crippen LogP contribution in [0.1, 0.15) is 23.6 Å². The van der Waals surface area contributed by atoms with Gasteiger partial charge in [-0.3, -0.25) is 9.59 Å². The Morgan fingerprint density at radius 2 is 1.81 bits per heavy atom. The van der Waals surface area contributed by atoms with Gasteiger partial charge in [-0.2, -0.15) is 23.7 Å². The van der Waals surface area contributed by atoms with Crippen LogP contribution in [-0.4, -0.2) is 24.1 Å². The second kappa shape index (κ2) is 10.5. The number of halogens is 3. The standard InChI is InChI=1S/C24H18F3N5O4/c1-2-35-19-8-13(21-16(10-28)22(30)32-23(34)17(21)11-29)6-7-18(19)36-12-20(33)31-15-5-3-4-14(9-15)24(25,26)27/h3-9H,2,12H2,1H3,(H,31,33)(H3,30,32,34). The van der Waals surface area contributed by atoms with Crippen LogP contribution >= 0.6 is 0 Å². The molecule has 0 unspecified atom stereocenters. The quantitative estimate of drug-likeness (QED) is 0.449. The van der Waals surface area contributed by atoms with E-state index in [0.29, 0.717) is 0 Å². The van der Waals surface area contributed by atoms with Crippen LogP contribution in [0.3, 0.4) is 0 Å². The van der Waals surface area contributed by atoms with Gasteiger partial charge in [-0.1, -0.05) is 12.1 Å². The predicted octanol–water partition coefficient (Wildman–Crippen LogP) is 3.80. The number of nitrogens with zero attached hydrogens (tertiary/aromatic N) is 2. The van der Waals surface area contributed by atoms with Gasteiger partial charge in [0.2, 0.25) is 0 Å². The molecule has 0 radical (unpaired) electrons. The van der Waals surface area contributed by atoms with Crippen LogP contribution in [0.5, 0.6) is 11.5 Å². The number of nitrogens with two attached hydrogens (primary N) is 1. The number of benzene rings is 2. The van der Waals surface area contributed by atoms with Gasteiger partial charge in [-0.15, -0.1) is 0 Å². The first kappa shape index (κ1) is 25.6. The number of H-pyrrole nitrogens is 1. The first-order valence-corrected chi connectivity index (χ1v) is 10.3. The molecule has 0 saturated heterocycles. The van der Waals surface area contributed by atoms with E-state index in [0.717, 1.165) is 18.2 Å². The van der Waals surface area contributed by atoms with Gasteiger partial charge in [0.15, 0.2) is 18.1 Å². The van der Waals surface area contributed by atoms with Gasteiger partial charge in [-0.25, -0.2) is 0 Å². The lowest BCUT2D eigenvalue weighted by molar-refractivity contribution is -0.137. The Hall–Kier alpha value is -4.97. The Bertz CT molecular complexity index is 1450. The lowest BCUT2D eigenvalue weighted by Crippen LogP contribution is -2.20. The lowest BCUT2D eigenvalue weighted by atomic mass is 9.96. The number of pyridine rings is 1. The van der Waals surface area contributed by atoms with Gasteiger partial charge in [-0.05, 0) is 42.8 Å². The van der Waals surface area contributed by atoms with Crippen LogP contribution < -0.4 is 26.1 Å². The molecule has 0 aliphatic carbocycles. The van der Waals surface area contributed by atoms with E-state index in [1.807, 2.05) is 6.07 Å². The number of carbonyl (C=O) groups excluding carboxylic acids is 1. The van der Waals surface area contributed by atoms with Gasteiger partial charge in [0, 0.05) is 11.3 Å². The van der Waals surface area contributed by atoms with Crippen molar-refractivity contribution in [3.63, 3.8) is 0 Å². The molecule has 12 heteroatoms. The van der Waals surface area contributed by atoms with E-state index in [1.54, 1.807) is 13.0 Å². The molecule has 0 atom stereocenters. The van der Waals surface area contributed by atoms with E-state index in [2.05, 4.69) is 10.3 Å². The van der Waals surface area contributed by atoms with Crippen molar-refractivity contribution in [3.05, 3.63) is 69.5 Å². The van der Waals surface area contributed by atoms with E-state index in [9.17, 15) is 33.3 Å². The fourth-order valence-corrected chi connectivity index (χ4v) is 3.30. The van der Waals surface area contributed by atoms with E-state index in [4.69, 9.17) is 15.2 Å². The molecule has 0 aliphatic rings. The minimum absolute atomic E-state index is 0.0102. The fourth-order valence-electron chi connectivity index (χ4n) is 3.30. The zero-order valence-corrected chi connectivity index (χ0v) is 18.7. The van der Waals surface area contributed by atoms with Gasteiger partial charge in [0.25, 0.3) is 11.5 Å².